The lowest BCUT2D eigenvalue weighted by Gasteiger charge is -2.61. The van der Waals surface area contributed by atoms with E-state index in [2.05, 4.69) is 10.2 Å². The normalized spacial score (nSPS) is 29.9. The molecule has 0 unspecified atom stereocenters. The molecule has 0 aromatic heterocycles. The average Bonchev–Trinajstić information content (AvgIpc) is 3.27. The SMILES string of the molecule is CC(C)C[C@H](N)C(=O)N[C@@H](C)C(=O)O[C@@H](C)C(=O)OC1=CC[C@@]2(O)[C@H]3Cc4ccc(CO)c5c4[C@@]2(CCN3C)[C@H]1O5. The van der Waals surface area contributed by atoms with Gasteiger partial charge in [-0.25, -0.2) is 9.59 Å². The van der Waals surface area contributed by atoms with Crippen LogP contribution in [0, 0.1) is 5.92 Å². The predicted molar refractivity (Wildman–Crippen MR) is 148 cm³/mol. The Bertz CT molecular complexity index is 1280. The molecule has 0 saturated carbocycles. The van der Waals surface area contributed by atoms with Crippen LogP contribution in [-0.2, 0) is 42.3 Å². The average molecular weight is 572 g/mol. The van der Waals surface area contributed by atoms with Gasteiger partial charge in [0.1, 0.15) is 17.6 Å². The Labute approximate surface area is 240 Å². The highest BCUT2D eigenvalue weighted by Crippen LogP contribution is 2.64. The molecule has 1 spiro atoms. The van der Waals surface area contributed by atoms with E-state index in [4.69, 9.17) is 19.9 Å². The number of esters is 2. The molecule has 5 rings (SSSR count). The third-order valence-corrected chi connectivity index (χ3v) is 9.24. The number of carbonyl (C=O) groups excluding carboxylic acids is 3. The summed E-state index contributed by atoms with van der Waals surface area (Å²) in [6.07, 6.45) is 1.57. The monoisotopic (exact) mass is 571 g/mol. The van der Waals surface area contributed by atoms with E-state index in [1.54, 1.807) is 6.08 Å². The zero-order valence-electron chi connectivity index (χ0n) is 24.3. The lowest BCUT2D eigenvalue weighted by molar-refractivity contribution is -0.176. The highest BCUT2D eigenvalue weighted by molar-refractivity contribution is 5.88. The number of amides is 1. The maximum Gasteiger partial charge on any atom is 0.352 e. The Morgan fingerprint density at radius 1 is 1.22 bits per heavy atom. The van der Waals surface area contributed by atoms with E-state index >= 15 is 0 Å². The largest absolute Gasteiger partial charge is 0.481 e. The summed E-state index contributed by atoms with van der Waals surface area (Å²) in [5, 5.41) is 24.8. The van der Waals surface area contributed by atoms with Crippen LogP contribution in [-0.4, -0.2) is 82.5 Å². The summed E-state index contributed by atoms with van der Waals surface area (Å²) in [5.74, 6) is -1.06. The van der Waals surface area contributed by atoms with Gasteiger partial charge in [0, 0.05) is 23.6 Å². The first-order valence-electron chi connectivity index (χ1n) is 14.4. The smallest absolute Gasteiger partial charge is 0.352 e. The van der Waals surface area contributed by atoms with Crippen LogP contribution < -0.4 is 15.8 Å². The van der Waals surface area contributed by atoms with Gasteiger partial charge in [0.25, 0.3) is 0 Å². The molecular weight excluding hydrogens is 530 g/mol. The molecule has 2 aliphatic heterocycles. The zero-order valence-corrected chi connectivity index (χ0v) is 24.3. The number of benzene rings is 1. The van der Waals surface area contributed by atoms with Crippen molar-refractivity contribution in [2.75, 3.05) is 13.6 Å². The quantitative estimate of drug-likeness (QED) is 0.312. The van der Waals surface area contributed by atoms with E-state index in [0.717, 1.165) is 17.7 Å². The van der Waals surface area contributed by atoms with Crippen molar-refractivity contribution in [3.05, 3.63) is 40.7 Å². The summed E-state index contributed by atoms with van der Waals surface area (Å²) < 4.78 is 17.6. The van der Waals surface area contributed by atoms with Crippen molar-refractivity contribution in [1.29, 1.82) is 0 Å². The number of aliphatic hydroxyl groups is 2. The van der Waals surface area contributed by atoms with Crippen molar-refractivity contribution in [3.8, 4) is 5.75 Å². The summed E-state index contributed by atoms with van der Waals surface area (Å²) in [5.41, 5.74) is 6.45. The molecule has 1 amide bonds. The Morgan fingerprint density at radius 3 is 2.63 bits per heavy atom. The number of likely N-dealkylation sites (tertiary alicyclic amines) is 1. The second-order valence-electron chi connectivity index (χ2n) is 12.4. The minimum Gasteiger partial charge on any atom is -0.481 e. The molecule has 4 aliphatic rings. The molecule has 7 atom stereocenters. The molecule has 1 aromatic carbocycles. The molecule has 11 nitrogen and oxygen atoms in total. The highest BCUT2D eigenvalue weighted by Gasteiger charge is 2.71. The van der Waals surface area contributed by atoms with Gasteiger partial charge in [0.2, 0.25) is 5.91 Å². The Kier molecular flexibility index (Phi) is 7.69. The third kappa shape index (κ3) is 4.63. The first-order chi connectivity index (χ1) is 19.3. The fourth-order valence-corrected chi connectivity index (χ4v) is 7.15. The van der Waals surface area contributed by atoms with Gasteiger partial charge in [-0.15, -0.1) is 0 Å². The van der Waals surface area contributed by atoms with Crippen molar-refractivity contribution >= 4 is 17.8 Å². The molecule has 1 saturated heterocycles. The van der Waals surface area contributed by atoms with Crippen LogP contribution in [0.5, 0.6) is 5.75 Å². The van der Waals surface area contributed by atoms with Crippen molar-refractivity contribution in [2.24, 2.45) is 11.7 Å². The molecule has 5 N–H and O–H groups in total. The number of nitrogens with two attached hydrogens (primary N) is 1. The standard InChI is InChI=1S/C30H41N3O8/c1-15(2)12-20(31)26(35)32-16(3)27(36)39-17(4)28(37)40-21-8-9-30(38)22-13-18-6-7-19(14-34)24-23(18)29(30,25(21)41-24)10-11-33(22)5/h6-8,15-17,20,22,25,34,38H,9-14,31H2,1-5H3,(H,32,35)/t16-,17-,20-,22+,25-,29-,30+/m0/s1. The maximum atomic E-state index is 13.2. The molecule has 41 heavy (non-hydrogen) atoms. The first kappa shape index (κ1) is 29.5. The number of carbonyl (C=O) groups is 3. The number of nitrogens with zero attached hydrogens (tertiary/aromatic N) is 1. The van der Waals surface area contributed by atoms with Crippen LogP contribution >= 0.6 is 0 Å². The molecule has 2 heterocycles. The molecule has 2 aliphatic carbocycles. The Morgan fingerprint density at radius 2 is 1.95 bits per heavy atom. The fraction of sp³-hybridized carbons (Fsp3) is 0.633. The van der Waals surface area contributed by atoms with Crippen LogP contribution in [0.1, 0.15) is 63.6 Å². The van der Waals surface area contributed by atoms with Crippen molar-refractivity contribution in [2.45, 2.75) is 101 Å². The van der Waals surface area contributed by atoms with Crippen LogP contribution in [0.15, 0.2) is 24.0 Å². The van der Waals surface area contributed by atoms with E-state index in [-0.39, 0.29) is 30.7 Å². The lowest BCUT2D eigenvalue weighted by atomic mass is 9.50. The third-order valence-electron chi connectivity index (χ3n) is 9.24. The van der Waals surface area contributed by atoms with E-state index in [0.29, 0.717) is 30.6 Å². The van der Waals surface area contributed by atoms with Gasteiger partial charge < -0.3 is 40.4 Å². The summed E-state index contributed by atoms with van der Waals surface area (Å²) in [6.45, 7) is 7.24. The van der Waals surface area contributed by atoms with Gasteiger partial charge in [-0.3, -0.25) is 4.79 Å². The van der Waals surface area contributed by atoms with Crippen LogP contribution in [0.2, 0.25) is 0 Å². The van der Waals surface area contributed by atoms with Crippen LogP contribution in [0.4, 0.5) is 0 Å². The summed E-state index contributed by atoms with van der Waals surface area (Å²) in [7, 11) is 2.00. The van der Waals surface area contributed by atoms with E-state index in [1.807, 2.05) is 33.0 Å². The molecule has 2 bridgehead atoms. The predicted octanol–water partition coefficient (Wildman–Crippen LogP) is 0.810. The van der Waals surface area contributed by atoms with Crippen LogP contribution in [0.3, 0.4) is 0 Å². The molecular formula is C30H41N3O8. The highest BCUT2D eigenvalue weighted by atomic mass is 16.6. The van der Waals surface area contributed by atoms with Crippen molar-refractivity contribution < 1.29 is 38.8 Å². The lowest BCUT2D eigenvalue weighted by Crippen LogP contribution is -2.74. The first-order valence-corrected chi connectivity index (χ1v) is 14.4. The van der Waals surface area contributed by atoms with Gasteiger partial charge in [-0.05, 0) is 64.3 Å². The number of hydrogen-bond donors (Lipinski definition) is 4. The molecule has 1 fully saturated rings. The summed E-state index contributed by atoms with van der Waals surface area (Å²) >= 11 is 0. The van der Waals surface area contributed by atoms with Crippen LogP contribution in [0.25, 0.3) is 0 Å². The van der Waals surface area contributed by atoms with Crippen molar-refractivity contribution in [1.82, 2.24) is 10.2 Å². The number of aliphatic hydroxyl groups excluding tert-OH is 1. The van der Waals surface area contributed by atoms with Gasteiger partial charge in [-0.2, -0.15) is 0 Å². The van der Waals surface area contributed by atoms with E-state index in [9.17, 15) is 24.6 Å². The minimum absolute atomic E-state index is 0.153. The summed E-state index contributed by atoms with van der Waals surface area (Å²) in [4.78, 5) is 40.3. The maximum absolute atomic E-state index is 13.2. The number of piperidine rings is 1. The topological polar surface area (TPSA) is 161 Å². The van der Waals surface area contributed by atoms with E-state index < -0.39 is 53.2 Å². The number of rotatable bonds is 9. The Balaban J connectivity index is 1.33. The van der Waals surface area contributed by atoms with E-state index in [1.165, 1.54) is 13.8 Å². The number of hydrogen-bond acceptors (Lipinski definition) is 10. The van der Waals surface area contributed by atoms with Gasteiger partial charge >= 0.3 is 11.9 Å². The number of ether oxygens (including phenoxy) is 3. The molecule has 0 radical (unpaired) electrons. The van der Waals surface area contributed by atoms with Gasteiger partial charge in [0.05, 0.1) is 23.7 Å². The van der Waals surface area contributed by atoms with Gasteiger partial charge in [0.15, 0.2) is 12.2 Å². The molecule has 224 valence electrons. The molecule has 11 heteroatoms. The summed E-state index contributed by atoms with van der Waals surface area (Å²) in [6, 6.07) is 1.91. The Hall–Kier alpha value is -2.99. The second kappa shape index (κ2) is 10.7. The zero-order chi connectivity index (χ0) is 29.9. The van der Waals surface area contributed by atoms with Crippen molar-refractivity contribution in [3.63, 3.8) is 0 Å². The fourth-order valence-electron chi connectivity index (χ4n) is 7.15. The number of likely N-dealkylation sites (N-methyl/N-ethyl adjacent to an activating group) is 1. The number of nitrogens with one attached hydrogen (secondary N) is 1. The second-order valence-corrected chi connectivity index (χ2v) is 12.4. The molecule has 1 aromatic rings. The van der Waals surface area contributed by atoms with Gasteiger partial charge in [-0.1, -0.05) is 26.0 Å². The minimum atomic E-state index is -1.27.